The van der Waals surface area contributed by atoms with Crippen molar-refractivity contribution in [3.05, 3.63) is 75.9 Å². The molecular weight excluding hydrogens is 436 g/mol. The SMILES string of the molecule is C=CCN1C(=O)N/C(=C/c2cc(Br)c(OCc3ccc(C)cc3)c(OC)c2)C1=O. The van der Waals surface area contributed by atoms with E-state index in [9.17, 15) is 9.59 Å². The lowest BCUT2D eigenvalue weighted by molar-refractivity contribution is -0.122. The molecule has 0 bridgehead atoms. The highest BCUT2D eigenvalue weighted by molar-refractivity contribution is 9.10. The molecule has 1 fully saturated rings. The average molecular weight is 457 g/mol. The predicted molar refractivity (Wildman–Crippen MR) is 115 cm³/mol. The Bertz CT molecular complexity index is 983. The summed E-state index contributed by atoms with van der Waals surface area (Å²) in [5.74, 6) is 0.674. The normalized spacial score (nSPS) is 14.9. The number of amides is 3. The third-order valence-electron chi connectivity index (χ3n) is 4.34. The van der Waals surface area contributed by atoms with Crippen molar-refractivity contribution in [3.63, 3.8) is 0 Å². The Labute approximate surface area is 177 Å². The second-order valence-electron chi connectivity index (χ2n) is 6.50. The number of nitrogens with zero attached hydrogens (tertiary/aromatic N) is 1. The zero-order chi connectivity index (χ0) is 21.0. The van der Waals surface area contributed by atoms with Crippen LogP contribution in [0.15, 0.2) is 59.2 Å². The van der Waals surface area contributed by atoms with Crippen LogP contribution in [0.4, 0.5) is 4.79 Å². The Morgan fingerprint density at radius 3 is 2.59 bits per heavy atom. The minimum Gasteiger partial charge on any atom is -0.493 e. The highest BCUT2D eigenvalue weighted by Crippen LogP contribution is 2.38. The van der Waals surface area contributed by atoms with E-state index < -0.39 is 11.9 Å². The molecule has 1 saturated heterocycles. The van der Waals surface area contributed by atoms with Gasteiger partial charge < -0.3 is 14.8 Å². The number of nitrogens with one attached hydrogen (secondary N) is 1. The summed E-state index contributed by atoms with van der Waals surface area (Å²) in [5.41, 5.74) is 3.10. The lowest BCUT2D eigenvalue weighted by Gasteiger charge is -2.14. The number of methoxy groups -OCH3 is 1. The van der Waals surface area contributed by atoms with Gasteiger partial charge in [-0.2, -0.15) is 0 Å². The third kappa shape index (κ3) is 4.68. The van der Waals surface area contributed by atoms with Crippen LogP contribution in [-0.2, 0) is 11.4 Å². The highest BCUT2D eigenvalue weighted by atomic mass is 79.9. The zero-order valence-electron chi connectivity index (χ0n) is 16.2. The number of aryl methyl sites for hydroxylation is 1. The molecule has 0 spiro atoms. The molecule has 0 unspecified atom stereocenters. The van der Waals surface area contributed by atoms with E-state index in [1.165, 1.54) is 11.6 Å². The zero-order valence-corrected chi connectivity index (χ0v) is 17.8. The summed E-state index contributed by atoms with van der Waals surface area (Å²) in [6.07, 6.45) is 3.10. The van der Waals surface area contributed by atoms with Crippen LogP contribution in [0.1, 0.15) is 16.7 Å². The maximum atomic E-state index is 12.4. The first kappa shape index (κ1) is 20.7. The summed E-state index contributed by atoms with van der Waals surface area (Å²) in [7, 11) is 1.55. The Kier molecular flexibility index (Phi) is 6.39. The van der Waals surface area contributed by atoms with E-state index in [0.717, 1.165) is 10.5 Å². The van der Waals surface area contributed by atoms with Crippen molar-refractivity contribution in [1.29, 1.82) is 0 Å². The van der Waals surface area contributed by atoms with Gasteiger partial charge in [-0.15, -0.1) is 6.58 Å². The Morgan fingerprint density at radius 1 is 1.21 bits per heavy atom. The van der Waals surface area contributed by atoms with Crippen LogP contribution in [-0.4, -0.2) is 30.5 Å². The highest BCUT2D eigenvalue weighted by Gasteiger charge is 2.32. The molecular formula is C22H21BrN2O4. The fourth-order valence-electron chi connectivity index (χ4n) is 2.84. The van der Waals surface area contributed by atoms with Gasteiger partial charge >= 0.3 is 6.03 Å². The van der Waals surface area contributed by atoms with E-state index in [1.807, 2.05) is 31.2 Å². The number of carbonyl (C=O) groups is 2. The number of rotatable bonds is 7. The van der Waals surface area contributed by atoms with Crippen LogP contribution in [0.5, 0.6) is 11.5 Å². The van der Waals surface area contributed by atoms with Gasteiger partial charge in [0.15, 0.2) is 11.5 Å². The van der Waals surface area contributed by atoms with Crippen LogP contribution < -0.4 is 14.8 Å². The molecule has 2 aromatic rings. The molecule has 150 valence electrons. The summed E-state index contributed by atoms with van der Waals surface area (Å²) in [6.45, 7) is 6.14. The number of urea groups is 1. The molecule has 1 heterocycles. The van der Waals surface area contributed by atoms with Gasteiger partial charge in [0.1, 0.15) is 12.3 Å². The molecule has 2 aromatic carbocycles. The van der Waals surface area contributed by atoms with Crippen LogP contribution in [0.25, 0.3) is 6.08 Å². The lowest BCUT2D eigenvalue weighted by atomic mass is 10.1. The van der Waals surface area contributed by atoms with Crippen LogP contribution in [0, 0.1) is 6.92 Å². The predicted octanol–water partition coefficient (Wildman–Crippen LogP) is 4.42. The Balaban J connectivity index is 1.83. The number of carbonyl (C=O) groups excluding carboxylic acids is 2. The molecule has 3 amide bonds. The number of hydrogen-bond donors (Lipinski definition) is 1. The van der Waals surface area contributed by atoms with Crippen LogP contribution in [0.3, 0.4) is 0 Å². The standard InChI is InChI=1S/C22H21BrN2O4/c1-4-9-25-21(26)18(24-22(25)27)11-16-10-17(23)20(19(12-16)28-3)29-13-15-7-5-14(2)6-8-15/h4-8,10-12H,1,9,13H2,2-3H3,(H,24,27)/b18-11+. The fourth-order valence-corrected chi connectivity index (χ4v) is 3.41. The molecule has 1 aliphatic heterocycles. The van der Waals surface area contributed by atoms with Crippen molar-refractivity contribution in [2.45, 2.75) is 13.5 Å². The largest absolute Gasteiger partial charge is 0.493 e. The first-order valence-corrected chi connectivity index (χ1v) is 9.73. The molecule has 3 rings (SSSR count). The van der Waals surface area contributed by atoms with Gasteiger partial charge in [0.05, 0.1) is 11.6 Å². The summed E-state index contributed by atoms with van der Waals surface area (Å²) in [5, 5.41) is 2.57. The molecule has 0 radical (unpaired) electrons. The van der Waals surface area contributed by atoms with E-state index in [4.69, 9.17) is 9.47 Å². The van der Waals surface area contributed by atoms with E-state index in [2.05, 4.69) is 27.8 Å². The molecule has 0 aromatic heterocycles. The number of imide groups is 1. The van der Waals surface area contributed by atoms with E-state index in [0.29, 0.717) is 28.1 Å². The van der Waals surface area contributed by atoms with E-state index in [-0.39, 0.29) is 12.2 Å². The van der Waals surface area contributed by atoms with Gasteiger partial charge in [-0.1, -0.05) is 35.9 Å². The van der Waals surface area contributed by atoms with E-state index >= 15 is 0 Å². The molecule has 29 heavy (non-hydrogen) atoms. The van der Waals surface area contributed by atoms with Gasteiger partial charge in [0.25, 0.3) is 5.91 Å². The average Bonchev–Trinajstić information content (AvgIpc) is 2.96. The first-order chi connectivity index (χ1) is 13.9. The van der Waals surface area contributed by atoms with Crippen molar-refractivity contribution >= 4 is 33.9 Å². The molecule has 1 N–H and O–H groups in total. The monoisotopic (exact) mass is 456 g/mol. The molecule has 1 aliphatic rings. The molecule has 0 atom stereocenters. The maximum Gasteiger partial charge on any atom is 0.329 e. The number of ether oxygens (including phenoxy) is 2. The Hall–Kier alpha value is -3.06. The van der Waals surface area contributed by atoms with Crippen molar-refractivity contribution in [2.24, 2.45) is 0 Å². The van der Waals surface area contributed by atoms with Crippen molar-refractivity contribution in [3.8, 4) is 11.5 Å². The van der Waals surface area contributed by atoms with Gasteiger partial charge in [0.2, 0.25) is 0 Å². The summed E-state index contributed by atoms with van der Waals surface area (Å²) >= 11 is 3.51. The summed E-state index contributed by atoms with van der Waals surface area (Å²) in [6, 6.07) is 11.2. The topological polar surface area (TPSA) is 67.9 Å². The van der Waals surface area contributed by atoms with Gasteiger partial charge in [-0.05, 0) is 52.2 Å². The van der Waals surface area contributed by atoms with Gasteiger partial charge in [-0.25, -0.2) is 4.79 Å². The number of halogens is 1. The van der Waals surface area contributed by atoms with Crippen molar-refractivity contribution < 1.29 is 19.1 Å². The van der Waals surface area contributed by atoms with Gasteiger partial charge in [-0.3, -0.25) is 9.69 Å². The molecule has 7 heteroatoms. The summed E-state index contributed by atoms with van der Waals surface area (Å²) < 4.78 is 12.1. The lowest BCUT2D eigenvalue weighted by Crippen LogP contribution is -2.30. The molecule has 0 saturated carbocycles. The molecule has 0 aliphatic carbocycles. The van der Waals surface area contributed by atoms with Crippen molar-refractivity contribution in [1.82, 2.24) is 10.2 Å². The van der Waals surface area contributed by atoms with Gasteiger partial charge in [0, 0.05) is 6.54 Å². The quantitative estimate of drug-likeness (QED) is 0.380. The summed E-state index contributed by atoms with van der Waals surface area (Å²) in [4.78, 5) is 25.4. The third-order valence-corrected chi connectivity index (χ3v) is 4.93. The minimum atomic E-state index is -0.467. The number of hydrogen-bond acceptors (Lipinski definition) is 4. The van der Waals surface area contributed by atoms with Crippen LogP contribution in [0.2, 0.25) is 0 Å². The Morgan fingerprint density at radius 2 is 1.93 bits per heavy atom. The van der Waals surface area contributed by atoms with Crippen LogP contribution >= 0.6 is 15.9 Å². The minimum absolute atomic E-state index is 0.154. The second kappa shape index (κ2) is 8.96. The number of benzene rings is 2. The maximum absolute atomic E-state index is 12.4. The van der Waals surface area contributed by atoms with Crippen molar-refractivity contribution in [2.75, 3.05) is 13.7 Å². The first-order valence-electron chi connectivity index (χ1n) is 8.94. The second-order valence-corrected chi connectivity index (χ2v) is 7.36. The fraction of sp³-hybridized carbons (Fsp3) is 0.182. The van der Waals surface area contributed by atoms with E-state index in [1.54, 1.807) is 25.3 Å². The molecule has 6 nitrogen and oxygen atoms in total. The smallest absolute Gasteiger partial charge is 0.329 e.